The number of nitrogens with one attached hydrogen (secondary N) is 1. The van der Waals surface area contributed by atoms with E-state index in [4.69, 9.17) is 11.6 Å². The first-order valence-electron chi connectivity index (χ1n) is 6.10. The van der Waals surface area contributed by atoms with E-state index >= 15 is 0 Å². The summed E-state index contributed by atoms with van der Waals surface area (Å²) >= 11 is 7.75. The second-order valence-electron chi connectivity index (χ2n) is 4.51. The molecule has 0 aliphatic heterocycles. The SMILES string of the molecule is CNC(Cc1nc(C)cs1)Cc1cc(F)ccc1Cl. The van der Waals surface area contributed by atoms with E-state index in [1.807, 2.05) is 19.4 Å². The molecule has 19 heavy (non-hydrogen) atoms. The van der Waals surface area contributed by atoms with Crippen LogP contribution >= 0.6 is 22.9 Å². The quantitative estimate of drug-likeness (QED) is 0.912. The van der Waals surface area contributed by atoms with Crippen LogP contribution in [-0.4, -0.2) is 18.1 Å². The van der Waals surface area contributed by atoms with Crippen molar-refractivity contribution in [2.45, 2.75) is 25.8 Å². The van der Waals surface area contributed by atoms with Crippen molar-refractivity contribution in [2.75, 3.05) is 7.05 Å². The van der Waals surface area contributed by atoms with Crippen molar-refractivity contribution in [3.05, 3.63) is 50.7 Å². The summed E-state index contributed by atoms with van der Waals surface area (Å²) in [6.45, 7) is 1.98. The standard InChI is InChI=1S/C14H16ClFN2S/c1-9-8-19-14(18-9)7-12(17-2)6-10-5-11(16)3-4-13(10)15/h3-5,8,12,17H,6-7H2,1-2H3. The number of likely N-dealkylation sites (N-methyl/N-ethyl adjacent to an activating group) is 1. The molecule has 2 aromatic rings. The fraction of sp³-hybridized carbons (Fsp3) is 0.357. The smallest absolute Gasteiger partial charge is 0.123 e. The van der Waals surface area contributed by atoms with E-state index in [1.165, 1.54) is 12.1 Å². The Morgan fingerprint density at radius 1 is 1.42 bits per heavy atom. The van der Waals surface area contributed by atoms with Crippen molar-refractivity contribution in [3.63, 3.8) is 0 Å². The molecule has 0 bridgehead atoms. The lowest BCUT2D eigenvalue weighted by molar-refractivity contribution is 0.551. The predicted molar refractivity (Wildman–Crippen MR) is 78.5 cm³/mol. The number of thiazole rings is 1. The predicted octanol–water partition coefficient (Wildman–Crippen LogP) is 3.62. The van der Waals surface area contributed by atoms with Gasteiger partial charge >= 0.3 is 0 Å². The van der Waals surface area contributed by atoms with Crippen LogP contribution in [-0.2, 0) is 12.8 Å². The molecule has 102 valence electrons. The van der Waals surface area contributed by atoms with Gasteiger partial charge in [-0.1, -0.05) is 11.6 Å². The zero-order valence-electron chi connectivity index (χ0n) is 10.9. The molecular weight excluding hydrogens is 283 g/mol. The summed E-state index contributed by atoms with van der Waals surface area (Å²) in [4.78, 5) is 4.45. The highest BCUT2D eigenvalue weighted by Crippen LogP contribution is 2.20. The highest BCUT2D eigenvalue weighted by Gasteiger charge is 2.13. The van der Waals surface area contributed by atoms with Crippen LogP contribution in [0.1, 0.15) is 16.3 Å². The molecule has 1 N–H and O–H groups in total. The van der Waals surface area contributed by atoms with E-state index in [0.29, 0.717) is 11.4 Å². The normalized spacial score (nSPS) is 12.6. The van der Waals surface area contributed by atoms with Crippen molar-refractivity contribution in [2.24, 2.45) is 0 Å². The molecule has 0 radical (unpaired) electrons. The van der Waals surface area contributed by atoms with Crippen molar-refractivity contribution < 1.29 is 4.39 Å². The zero-order chi connectivity index (χ0) is 13.8. The van der Waals surface area contributed by atoms with E-state index < -0.39 is 0 Å². The number of hydrogen-bond donors (Lipinski definition) is 1. The molecule has 0 saturated heterocycles. The van der Waals surface area contributed by atoms with Gasteiger partial charge in [0.2, 0.25) is 0 Å². The van der Waals surface area contributed by atoms with Gasteiger partial charge in [0, 0.05) is 28.6 Å². The second-order valence-corrected chi connectivity index (χ2v) is 5.86. The van der Waals surface area contributed by atoms with E-state index in [1.54, 1.807) is 17.4 Å². The molecule has 1 aromatic carbocycles. The summed E-state index contributed by atoms with van der Waals surface area (Å²) < 4.78 is 13.2. The van der Waals surface area contributed by atoms with Gasteiger partial charge in [-0.25, -0.2) is 9.37 Å². The first-order valence-corrected chi connectivity index (χ1v) is 7.36. The first-order chi connectivity index (χ1) is 9.08. The molecule has 1 atom stereocenters. The van der Waals surface area contributed by atoms with Gasteiger partial charge in [0.05, 0.1) is 5.01 Å². The van der Waals surface area contributed by atoms with Gasteiger partial charge < -0.3 is 5.32 Å². The van der Waals surface area contributed by atoms with Crippen LogP contribution in [0, 0.1) is 12.7 Å². The van der Waals surface area contributed by atoms with Gasteiger partial charge in [-0.2, -0.15) is 0 Å². The van der Waals surface area contributed by atoms with E-state index in [0.717, 1.165) is 22.7 Å². The van der Waals surface area contributed by atoms with E-state index in [-0.39, 0.29) is 11.9 Å². The third-order valence-corrected chi connectivity index (χ3v) is 4.33. The number of benzene rings is 1. The maximum atomic E-state index is 13.2. The molecule has 2 rings (SSSR count). The maximum absolute atomic E-state index is 13.2. The van der Waals surface area contributed by atoms with Crippen molar-refractivity contribution in [1.82, 2.24) is 10.3 Å². The molecule has 0 aliphatic rings. The minimum atomic E-state index is -0.251. The lowest BCUT2D eigenvalue weighted by Gasteiger charge is -2.15. The summed E-state index contributed by atoms with van der Waals surface area (Å²) in [5, 5.41) is 6.98. The minimum Gasteiger partial charge on any atom is -0.316 e. The number of aryl methyl sites for hydroxylation is 1. The average Bonchev–Trinajstić information content (AvgIpc) is 2.78. The van der Waals surface area contributed by atoms with E-state index in [9.17, 15) is 4.39 Å². The summed E-state index contributed by atoms with van der Waals surface area (Å²) in [6, 6.07) is 4.68. The molecule has 5 heteroatoms. The molecule has 0 amide bonds. The van der Waals surface area contributed by atoms with Crippen LogP contribution in [0.2, 0.25) is 5.02 Å². The lowest BCUT2D eigenvalue weighted by atomic mass is 10.0. The van der Waals surface area contributed by atoms with Gasteiger partial charge in [0.15, 0.2) is 0 Å². The third kappa shape index (κ3) is 4.00. The maximum Gasteiger partial charge on any atom is 0.123 e. The van der Waals surface area contributed by atoms with Crippen LogP contribution in [0.4, 0.5) is 4.39 Å². The highest BCUT2D eigenvalue weighted by molar-refractivity contribution is 7.09. The van der Waals surface area contributed by atoms with Crippen LogP contribution in [0.3, 0.4) is 0 Å². The Balaban J connectivity index is 2.08. The van der Waals surface area contributed by atoms with Crippen LogP contribution < -0.4 is 5.32 Å². The van der Waals surface area contributed by atoms with Crippen molar-refractivity contribution in [1.29, 1.82) is 0 Å². The number of rotatable bonds is 5. The first kappa shape index (κ1) is 14.4. The summed E-state index contributed by atoms with van der Waals surface area (Å²) in [5.41, 5.74) is 1.87. The van der Waals surface area contributed by atoms with Crippen LogP contribution in [0.5, 0.6) is 0 Å². The lowest BCUT2D eigenvalue weighted by Crippen LogP contribution is -2.30. The second kappa shape index (κ2) is 6.46. The monoisotopic (exact) mass is 298 g/mol. The third-order valence-electron chi connectivity index (χ3n) is 2.97. The van der Waals surface area contributed by atoms with Gasteiger partial charge in [-0.3, -0.25) is 0 Å². The molecular formula is C14H16ClFN2S. The Morgan fingerprint density at radius 2 is 2.21 bits per heavy atom. The Bertz CT molecular complexity index is 556. The largest absolute Gasteiger partial charge is 0.316 e. The molecule has 1 aromatic heterocycles. The highest BCUT2D eigenvalue weighted by atomic mass is 35.5. The fourth-order valence-corrected chi connectivity index (χ4v) is 3.00. The molecule has 0 spiro atoms. The molecule has 0 fully saturated rings. The average molecular weight is 299 g/mol. The van der Waals surface area contributed by atoms with Gasteiger partial charge in [-0.15, -0.1) is 11.3 Å². The Labute approximate surface area is 121 Å². The van der Waals surface area contributed by atoms with Crippen molar-refractivity contribution >= 4 is 22.9 Å². The van der Waals surface area contributed by atoms with Gasteiger partial charge in [-0.05, 0) is 44.2 Å². The fourth-order valence-electron chi connectivity index (χ4n) is 1.95. The molecule has 2 nitrogen and oxygen atoms in total. The van der Waals surface area contributed by atoms with Crippen LogP contribution in [0.25, 0.3) is 0 Å². The van der Waals surface area contributed by atoms with Gasteiger partial charge in [0.1, 0.15) is 5.82 Å². The number of hydrogen-bond acceptors (Lipinski definition) is 3. The molecule has 0 aliphatic carbocycles. The van der Waals surface area contributed by atoms with E-state index in [2.05, 4.69) is 10.3 Å². The Morgan fingerprint density at radius 3 is 2.84 bits per heavy atom. The topological polar surface area (TPSA) is 24.9 Å². The van der Waals surface area contributed by atoms with Crippen molar-refractivity contribution in [3.8, 4) is 0 Å². The summed E-state index contributed by atoms with van der Waals surface area (Å²) in [7, 11) is 1.90. The van der Waals surface area contributed by atoms with Gasteiger partial charge in [0.25, 0.3) is 0 Å². The molecule has 1 unspecified atom stereocenters. The molecule has 0 saturated carbocycles. The number of nitrogens with zero attached hydrogens (tertiary/aromatic N) is 1. The molecule has 1 heterocycles. The summed E-state index contributed by atoms with van der Waals surface area (Å²) in [5.74, 6) is -0.251. The minimum absolute atomic E-state index is 0.199. The Kier molecular flexibility index (Phi) is 4.91. The zero-order valence-corrected chi connectivity index (χ0v) is 12.5. The Hall–Kier alpha value is -0.970. The number of aromatic nitrogens is 1. The van der Waals surface area contributed by atoms with Crippen LogP contribution in [0.15, 0.2) is 23.6 Å². The summed E-state index contributed by atoms with van der Waals surface area (Å²) in [6.07, 6.45) is 1.51. The number of halogens is 2.